The topological polar surface area (TPSA) is 49.9 Å². The van der Waals surface area contributed by atoms with Crippen molar-refractivity contribution in [1.82, 2.24) is 9.80 Å². The van der Waals surface area contributed by atoms with Gasteiger partial charge in [-0.2, -0.15) is 0 Å². The van der Waals surface area contributed by atoms with Gasteiger partial charge in [0, 0.05) is 24.1 Å². The first-order chi connectivity index (χ1) is 14.2. The highest BCUT2D eigenvalue weighted by molar-refractivity contribution is 6.42. The minimum Gasteiger partial charge on any atom is -0.497 e. The highest BCUT2D eigenvalue weighted by Gasteiger charge is 2.55. The summed E-state index contributed by atoms with van der Waals surface area (Å²) in [7, 11) is 1.67. The number of benzene rings is 2. The number of nitrogens with zero attached hydrogens (tertiary/aromatic N) is 2. The van der Waals surface area contributed by atoms with Crippen LogP contribution < -0.4 is 4.74 Å². The third kappa shape index (κ3) is 3.04. The van der Waals surface area contributed by atoms with Gasteiger partial charge < -0.3 is 9.64 Å². The van der Waals surface area contributed by atoms with Gasteiger partial charge in [0.2, 0.25) is 5.78 Å². The molecule has 2 bridgehead atoms. The molecule has 0 aromatic heterocycles. The molecule has 0 N–H and O–H groups in total. The molecule has 5 nitrogen and oxygen atoms in total. The SMILES string of the molecule is COc1ccc([C@@H]2CN(C(=O)C(=O)c3ccccc3)[C@@H]3C4CCN(CC4)[C@@H]32)cc1. The first kappa shape index (κ1) is 18.4. The largest absolute Gasteiger partial charge is 0.497 e. The second kappa shape index (κ2) is 7.30. The Morgan fingerprint density at radius 1 is 0.931 bits per heavy atom. The number of rotatable bonds is 4. The molecule has 6 rings (SSSR count). The fourth-order valence-electron chi connectivity index (χ4n) is 5.64. The number of amides is 1. The van der Waals surface area contributed by atoms with E-state index in [-0.39, 0.29) is 17.9 Å². The molecule has 3 atom stereocenters. The fourth-order valence-corrected chi connectivity index (χ4v) is 5.64. The maximum atomic E-state index is 13.3. The summed E-state index contributed by atoms with van der Waals surface area (Å²) >= 11 is 0. The molecule has 5 heteroatoms. The van der Waals surface area contributed by atoms with E-state index in [1.807, 2.05) is 35.2 Å². The first-order valence-corrected chi connectivity index (χ1v) is 10.5. The summed E-state index contributed by atoms with van der Waals surface area (Å²) in [5, 5.41) is 0. The third-order valence-corrected chi connectivity index (χ3v) is 7.03. The predicted octanol–water partition coefficient (Wildman–Crippen LogP) is 2.97. The Morgan fingerprint density at radius 3 is 2.28 bits per heavy atom. The number of ketones is 1. The maximum absolute atomic E-state index is 13.3. The molecule has 0 spiro atoms. The zero-order valence-corrected chi connectivity index (χ0v) is 16.7. The summed E-state index contributed by atoms with van der Waals surface area (Å²) in [6, 6.07) is 17.5. The summed E-state index contributed by atoms with van der Waals surface area (Å²) in [5.41, 5.74) is 1.69. The molecule has 4 fully saturated rings. The van der Waals surface area contributed by atoms with E-state index in [0.29, 0.717) is 24.1 Å². The number of Topliss-reactive ketones (excluding diaryl/α,β-unsaturated/α-hetero) is 1. The molecule has 4 saturated heterocycles. The number of ether oxygens (including phenoxy) is 1. The lowest BCUT2D eigenvalue weighted by Crippen LogP contribution is -2.61. The van der Waals surface area contributed by atoms with Gasteiger partial charge in [-0.25, -0.2) is 0 Å². The minimum absolute atomic E-state index is 0.129. The number of hydrogen-bond acceptors (Lipinski definition) is 4. The van der Waals surface area contributed by atoms with E-state index >= 15 is 0 Å². The second-order valence-electron chi connectivity index (χ2n) is 8.39. The summed E-state index contributed by atoms with van der Waals surface area (Å²) in [6.45, 7) is 2.78. The van der Waals surface area contributed by atoms with Gasteiger partial charge in [0.15, 0.2) is 0 Å². The quantitative estimate of drug-likeness (QED) is 0.595. The Balaban J connectivity index is 1.47. The molecule has 2 aromatic carbocycles. The molecule has 2 aromatic rings. The number of fused-ring (bicyclic) bond motifs is 2. The average Bonchev–Trinajstić information content (AvgIpc) is 3.22. The van der Waals surface area contributed by atoms with Crippen LogP contribution in [0, 0.1) is 5.92 Å². The number of likely N-dealkylation sites (tertiary alicyclic amines) is 1. The van der Waals surface area contributed by atoms with E-state index in [1.165, 1.54) is 5.56 Å². The van der Waals surface area contributed by atoms with Crippen molar-refractivity contribution in [3.05, 3.63) is 65.7 Å². The minimum atomic E-state index is -0.392. The van der Waals surface area contributed by atoms with Gasteiger partial charge in [-0.1, -0.05) is 42.5 Å². The van der Waals surface area contributed by atoms with Crippen LogP contribution in [0.25, 0.3) is 0 Å². The van der Waals surface area contributed by atoms with Crippen molar-refractivity contribution in [3.63, 3.8) is 0 Å². The first-order valence-electron chi connectivity index (χ1n) is 10.5. The number of carbonyl (C=O) groups excluding carboxylic acids is 2. The Morgan fingerprint density at radius 2 is 1.62 bits per heavy atom. The Bertz CT molecular complexity index is 903. The Kier molecular flexibility index (Phi) is 4.63. The van der Waals surface area contributed by atoms with E-state index in [0.717, 1.165) is 31.7 Å². The molecule has 0 radical (unpaired) electrons. The van der Waals surface area contributed by atoms with Crippen molar-refractivity contribution in [2.24, 2.45) is 5.92 Å². The number of piperidine rings is 3. The van der Waals surface area contributed by atoms with E-state index in [2.05, 4.69) is 17.0 Å². The van der Waals surface area contributed by atoms with Crippen LogP contribution >= 0.6 is 0 Å². The zero-order valence-electron chi connectivity index (χ0n) is 16.7. The lowest BCUT2D eigenvalue weighted by molar-refractivity contribution is -0.131. The summed E-state index contributed by atoms with van der Waals surface area (Å²) in [4.78, 5) is 30.6. The standard InChI is InChI=1S/C24H26N2O3/c1-29-19-9-7-16(8-10-19)20-15-26(21-17-11-13-25(14-12-17)22(20)21)24(28)23(27)18-5-3-2-4-6-18/h2-10,17,20-22H,11-15H2,1H3/t20-,21+,22+/m0/s1. The summed E-state index contributed by atoms with van der Waals surface area (Å²) in [5.74, 6) is 0.801. The van der Waals surface area contributed by atoms with Gasteiger partial charge in [-0.15, -0.1) is 0 Å². The highest BCUT2D eigenvalue weighted by Crippen LogP contribution is 2.46. The van der Waals surface area contributed by atoms with E-state index in [9.17, 15) is 9.59 Å². The van der Waals surface area contributed by atoms with Crippen molar-refractivity contribution in [2.45, 2.75) is 30.8 Å². The molecule has 0 saturated carbocycles. The number of hydrogen-bond donors (Lipinski definition) is 0. The van der Waals surface area contributed by atoms with Crippen LogP contribution in [0.5, 0.6) is 5.75 Å². The Labute approximate surface area is 171 Å². The number of carbonyl (C=O) groups is 2. The van der Waals surface area contributed by atoms with E-state index in [1.54, 1.807) is 19.2 Å². The lowest BCUT2D eigenvalue weighted by Gasteiger charge is -2.51. The third-order valence-electron chi connectivity index (χ3n) is 7.03. The normalized spacial score (nSPS) is 30.1. The van der Waals surface area contributed by atoms with Crippen LogP contribution in [-0.4, -0.2) is 60.3 Å². The smallest absolute Gasteiger partial charge is 0.295 e. The van der Waals surface area contributed by atoms with Gasteiger partial charge in [-0.3, -0.25) is 14.5 Å². The van der Waals surface area contributed by atoms with E-state index < -0.39 is 5.78 Å². The molecule has 4 heterocycles. The summed E-state index contributed by atoms with van der Waals surface area (Å²) < 4.78 is 5.31. The maximum Gasteiger partial charge on any atom is 0.295 e. The van der Waals surface area contributed by atoms with Crippen molar-refractivity contribution in [2.75, 3.05) is 26.7 Å². The van der Waals surface area contributed by atoms with Gasteiger partial charge in [-0.05, 0) is 49.5 Å². The molecule has 1 amide bonds. The second-order valence-corrected chi connectivity index (χ2v) is 8.39. The highest BCUT2D eigenvalue weighted by atomic mass is 16.5. The van der Waals surface area contributed by atoms with Gasteiger partial charge in [0.25, 0.3) is 5.91 Å². The van der Waals surface area contributed by atoms with Crippen LogP contribution in [0.4, 0.5) is 0 Å². The molecule has 4 aliphatic rings. The van der Waals surface area contributed by atoms with Crippen LogP contribution in [0.1, 0.15) is 34.7 Å². The van der Waals surface area contributed by atoms with Gasteiger partial charge >= 0.3 is 0 Å². The van der Waals surface area contributed by atoms with E-state index in [4.69, 9.17) is 4.74 Å². The van der Waals surface area contributed by atoms with Gasteiger partial charge in [0.05, 0.1) is 13.2 Å². The fraction of sp³-hybridized carbons (Fsp3) is 0.417. The van der Waals surface area contributed by atoms with Crippen molar-refractivity contribution in [3.8, 4) is 5.75 Å². The van der Waals surface area contributed by atoms with Gasteiger partial charge in [0.1, 0.15) is 5.75 Å². The van der Waals surface area contributed by atoms with Crippen molar-refractivity contribution in [1.29, 1.82) is 0 Å². The molecular weight excluding hydrogens is 364 g/mol. The molecule has 0 unspecified atom stereocenters. The molecule has 0 aliphatic carbocycles. The van der Waals surface area contributed by atoms with Crippen molar-refractivity contribution >= 4 is 11.7 Å². The van der Waals surface area contributed by atoms with Crippen LogP contribution in [0.2, 0.25) is 0 Å². The lowest BCUT2D eigenvalue weighted by atomic mass is 9.75. The monoisotopic (exact) mass is 390 g/mol. The van der Waals surface area contributed by atoms with Crippen LogP contribution in [0.3, 0.4) is 0 Å². The summed E-state index contributed by atoms with van der Waals surface area (Å²) in [6.07, 6.45) is 2.22. The molecule has 150 valence electrons. The molecular formula is C24H26N2O3. The molecule has 4 aliphatic heterocycles. The van der Waals surface area contributed by atoms with Crippen LogP contribution in [0.15, 0.2) is 54.6 Å². The van der Waals surface area contributed by atoms with Crippen LogP contribution in [-0.2, 0) is 4.79 Å². The Hall–Kier alpha value is -2.66. The number of methoxy groups -OCH3 is 1. The van der Waals surface area contributed by atoms with Crippen molar-refractivity contribution < 1.29 is 14.3 Å². The molecule has 29 heavy (non-hydrogen) atoms. The average molecular weight is 390 g/mol. The zero-order chi connectivity index (χ0) is 20.0. The predicted molar refractivity (Wildman–Crippen MR) is 110 cm³/mol.